The maximum absolute atomic E-state index is 11.1. The van der Waals surface area contributed by atoms with Crippen LogP contribution in [0.5, 0.6) is 0 Å². The normalized spacial score (nSPS) is 14.5. The van der Waals surface area contributed by atoms with E-state index in [1.54, 1.807) is 12.3 Å². The van der Waals surface area contributed by atoms with Crippen molar-refractivity contribution in [3.05, 3.63) is 35.3 Å². The highest BCUT2D eigenvalue weighted by Gasteiger charge is 2.14. The number of primary amides is 1. The molecular formula is C20H31N3O2. The van der Waals surface area contributed by atoms with Crippen molar-refractivity contribution in [3.63, 3.8) is 0 Å². The van der Waals surface area contributed by atoms with Gasteiger partial charge >= 0.3 is 0 Å². The second-order valence-corrected chi connectivity index (χ2v) is 6.81. The summed E-state index contributed by atoms with van der Waals surface area (Å²) in [5.41, 5.74) is 8.26. The first-order chi connectivity index (χ1) is 12.0. The molecule has 0 bridgehead atoms. The largest absolute Gasteiger partial charge is 0.378 e. The Kier molecular flexibility index (Phi) is 7.44. The zero-order valence-corrected chi connectivity index (χ0v) is 15.8. The first kappa shape index (κ1) is 19.4. The van der Waals surface area contributed by atoms with Gasteiger partial charge in [0.1, 0.15) is 5.65 Å². The van der Waals surface area contributed by atoms with Crippen LogP contribution < -0.4 is 5.73 Å². The number of aryl methyl sites for hydroxylation is 2. The average molecular weight is 345 g/mol. The van der Waals surface area contributed by atoms with E-state index in [9.17, 15) is 4.79 Å². The average Bonchev–Trinajstić information content (AvgIpc) is 3.21. The number of nitrogens with zero attached hydrogens (tertiary/aromatic N) is 2. The highest BCUT2D eigenvalue weighted by molar-refractivity contribution is 5.98. The second kappa shape index (κ2) is 9.56. The molecule has 2 N–H and O–H groups in total. The summed E-state index contributed by atoms with van der Waals surface area (Å²) >= 11 is 0. The molecule has 3 rings (SSSR count). The third kappa shape index (κ3) is 5.56. The maximum Gasteiger partial charge on any atom is 0.252 e. The van der Waals surface area contributed by atoms with Gasteiger partial charge in [0.2, 0.25) is 0 Å². The molecule has 0 aromatic carbocycles. The predicted octanol–water partition coefficient (Wildman–Crippen LogP) is 4.19. The van der Waals surface area contributed by atoms with Crippen LogP contribution in [-0.4, -0.2) is 28.0 Å². The molecule has 1 aliphatic rings. The summed E-state index contributed by atoms with van der Waals surface area (Å²) < 4.78 is 7.56. The number of rotatable bonds is 6. The molecule has 0 aliphatic heterocycles. The van der Waals surface area contributed by atoms with Gasteiger partial charge in [-0.05, 0) is 45.2 Å². The molecule has 1 amide bonds. The van der Waals surface area contributed by atoms with Crippen molar-refractivity contribution in [1.82, 2.24) is 9.38 Å². The third-order valence-corrected chi connectivity index (χ3v) is 4.61. The van der Waals surface area contributed by atoms with Gasteiger partial charge in [-0.25, -0.2) is 4.98 Å². The van der Waals surface area contributed by atoms with E-state index in [0.29, 0.717) is 17.3 Å². The number of unbranched alkanes of at least 4 members (excludes halogenated alkanes) is 2. The molecule has 1 saturated carbocycles. The molecule has 5 heteroatoms. The summed E-state index contributed by atoms with van der Waals surface area (Å²) in [6.45, 7) is 7.09. The maximum atomic E-state index is 11.1. The molecule has 2 aromatic rings. The van der Waals surface area contributed by atoms with Crippen LogP contribution in [0.1, 0.15) is 73.6 Å². The molecule has 25 heavy (non-hydrogen) atoms. The van der Waals surface area contributed by atoms with E-state index in [1.807, 2.05) is 24.3 Å². The summed E-state index contributed by atoms with van der Waals surface area (Å²) in [5.74, 6) is -0.440. The lowest BCUT2D eigenvalue weighted by Crippen LogP contribution is -2.11. The van der Waals surface area contributed by atoms with Crippen molar-refractivity contribution in [1.29, 1.82) is 0 Å². The lowest BCUT2D eigenvalue weighted by atomic mass is 10.2. The van der Waals surface area contributed by atoms with Crippen LogP contribution in [0.3, 0.4) is 0 Å². The van der Waals surface area contributed by atoms with Gasteiger partial charge in [0.25, 0.3) is 5.91 Å². The fourth-order valence-corrected chi connectivity index (χ4v) is 3.24. The highest BCUT2D eigenvalue weighted by atomic mass is 16.5. The zero-order valence-electron chi connectivity index (χ0n) is 15.8. The van der Waals surface area contributed by atoms with Crippen LogP contribution in [0.15, 0.2) is 18.3 Å². The number of hydrogen-bond acceptors (Lipinski definition) is 3. The zero-order chi connectivity index (χ0) is 18.2. The Morgan fingerprint density at radius 2 is 2.04 bits per heavy atom. The third-order valence-electron chi connectivity index (χ3n) is 4.61. The van der Waals surface area contributed by atoms with E-state index in [-0.39, 0.29) is 0 Å². The van der Waals surface area contributed by atoms with Gasteiger partial charge in [0.05, 0.1) is 11.7 Å². The van der Waals surface area contributed by atoms with Crippen LogP contribution in [0.4, 0.5) is 0 Å². The summed E-state index contributed by atoms with van der Waals surface area (Å²) in [5, 5.41) is 0. The van der Waals surface area contributed by atoms with Gasteiger partial charge in [0.15, 0.2) is 0 Å². The predicted molar refractivity (Wildman–Crippen MR) is 101 cm³/mol. The smallest absolute Gasteiger partial charge is 0.252 e. The quantitative estimate of drug-likeness (QED) is 0.798. The molecule has 2 heterocycles. The van der Waals surface area contributed by atoms with E-state index in [0.717, 1.165) is 18.0 Å². The number of fused-ring (bicyclic) bond motifs is 1. The van der Waals surface area contributed by atoms with Gasteiger partial charge in [-0.2, -0.15) is 0 Å². The monoisotopic (exact) mass is 345 g/mol. The molecule has 0 saturated heterocycles. The Balaban J connectivity index is 0.000000186. The van der Waals surface area contributed by atoms with Crippen LogP contribution in [0.2, 0.25) is 0 Å². The molecule has 2 aromatic heterocycles. The van der Waals surface area contributed by atoms with Crippen LogP contribution in [0.25, 0.3) is 5.65 Å². The van der Waals surface area contributed by atoms with Crippen molar-refractivity contribution >= 4 is 11.6 Å². The number of hydrogen-bond donors (Lipinski definition) is 1. The minimum atomic E-state index is -0.440. The SMILES string of the molecule is CCCCCOC1CCCC1.Cc1cc(C)n2ccc(C(N)=O)c2n1. The van der Waals surface area contributed by atoms with Gasteiger partial charge < -0.3 is 14.9 Å². The van der Waals surface area contributed by atoms with E-state index in [2.05, 4.69) is 11.9 Å². The van der Waals surface area contributed by atoms with Crippen molar-refractivity contribution < 1.29 is 9.53 Å². The molecular weight excluding hydrogens is 314 g/mol. The van der Waals surface area contributed by atoms with Crippen molar-refractivity contribution in [2.75, 3.05) is 6.61 Å². The van der Waals surface area contributed by atoms with Gasteiger partial charge in [0, 0.05) is 24.2 Å². The molecule has 5 nitrogen and oxygen atoms in total. The molecule has 1 aliphatic carbocycles. The first-order valence-electron chi connectivity index (χ1n) is 9.39. The van der Waals surface area contributed by atoms with E-state index in [1.165, 1.54) is 44.9 Å². The van der Waals surface area contributed by atoms with E-state index < -0.39 is 5.91 Å². The van der Waals surface area contributed by atoms with Crippen molar-refractivity contribution in [2.45, 2.75) is 71.8 Å². The van der Waals surface area contributed by atoms with Gasteiger partial charge in [-0.15, -0.1) is 0 Å². The van der Waals surface area contributed by atoms with Gasteiger partial charge in [-0.3, -0.25) is 4.79 Å². The molecule has 138 valence electrons. The Labute approximate surface area is 150 Å². The van der Waals surface area contributed by atoms with Crippen LogP contribution in [-0.2, 0) is 4.74 Å². The summed E-state index contributed by atoms with van der Waals surface area (Å²) in [6.07, 6.45) is 11.7. The summed E-state index contributed by atoms with van der Waals surface area (Å²) in [6, 6.07) is 3.65. The Morgan fingerprint density at radius 3 is 2.68 bits per heavy atom. The second-order valence-electron chi connectivity index (χ2n) is 6.81. The fraction of sp³-hybridized carbons (Fsp3) is 0.600. The first-order valence-corrected chi connectivity index (χ1v) is 9.39. The topological polar surface area (TPSA) is 69.6 Å². The number of amides is 1. The molecule has 0 atom stereocenters. The van der Waals surface area contributed by atoms with E-state index >= 15 is 0 Å². The Bertz CT molecular complexity index is 688. The molecule has 0 unspecified atom stereocenters. The van der Waals surface area contributed by atoms with Gasteiger partial charge in [-0.1, -0.05) is 32.6 Å². The highest BCUT2D eigenvalue weighted by Crippen LogP contribution is 2.21. The van der Waals surface area contributed by atoms with E-state index in [4.69, 9.17) is 10.5 Å². The number of carbonyl (C=O) groups is 1. The molecule has 1 fully saturated rings. The summed E-state index contributed by atoms with van der Waals surface area (Å²) in [4.78, 5) is 15.3. The standard InChI is InChI=1S/C10H11N3O.C10H20O/c1-6-5-7(2)13-4-3-8(9(11)14)10(13)12-6;1-2-3-6-9-11-10-7-4-5-8-10/h3-5H,1-2H3,(H2,11,14);10H,2-9H2,1H3. The summed E-state index contributed by atoms with van der Waals surface area (Å²) in [7, 11) is 0. The molecule has 0 radical (unpaired) electrons. The fourth-order valence-electron chi connectivity index (χ4n) is 3.24. The number of carbonyl (C=O) groups excluding carboxylic acids is 1. The number of ether oxygens (including phenoxy) is 1. The number of aromatic nitrogens is 2. The lowest BCUT2D eigenvalue weighted by molar-refractivity contribution is 0.0558. The number of nitrogens with two attached hydrogens (primary N) is 1. The minimum Gasteiger partial charge on any atom is -0.378 e. The van der Waals surface area contributed by atoms with Crippen LogP contribution >= 0.6 is 0 Å². The van der Waals surface area contributed by atoms with Crippen molar-refractivity contribution in [2.24, 2.45) is 5.73 Å². The Morgan fingerprint density at radius 1 is 1.32 bits per heavy atom. The lowest BCUT2D eigenvalue weighted by Gasteiger charge is -2.09. The van der Waals surface area contributed by atoms with Crippen molar-refractivity contribution in [3.8, 4) is 0 Å². The minimum absolute atomic E-state index is 0.440. The Hall–Kier alpha value is -1.88. The van der Waals surface area contributed by atoms with Crippen LogP contribution in [0, 0.1) is 13.8 Å². The molecule has 0 spiro atoms.